The first-order valence-electron chi connectivity index (χ1n) is 10.4. The second-order valence-electron chi connectivity index (χ2n) is 8.21. The predicted octanol–water partition coefficient (Wildman–Crippen LogP) is 0.189. The van der Waals surface area contributed by atoms with E-state index in [2.05, 4.69) is 9.80 Å². The first-order chi connectivity index (χ1) is 12.7. The number of ether oxygens (including phenoxy) is 3. The molecule has 5 aliphatic rings. The first-order valence-corrected chi connectivity index (χ1v) is 10.4. The molecule has 0 amide bonds. The van der Waals surface area contributed by atoms with Crippen molar-refractivity contribution >= 4 is 0 Å². The van der Waals surface area contributed by atoms with Crippen molar-refractivity contribution in [1.29, 1.82) is 0 Å². The highest BCUT2D eigenvalue weighted by Gasteiger charge is 2.47. The molecule has 1 saturated carbocycles. The maximum atomic E-state index is 10.4. The summed E-state index contributed by atoms with van der Waals surface area (Å²) in [4.78, 5) is 5.06. The summed E-state index contributed by atoms with van der Waals surface area (Å²) >= 11 is 0. The molecule has 150 valence electrons. The van der Waals surface area contributed by atoms with Crippen LogP contribution in [0, 0.1) is 0 Å². The zero-order valence-corrected chi connectivity index (χ0v) is 15.7. The van der Waals surface area contributed by atoms with Gasteiger partial charge in [-0.15, -0.1) is 0 Å². The van der Waals surface area contributed by atoms with Crippen LogP contribution in [-0.2, 0) is 14.2 Å². The molecule has 4 saturated heterocycles. The Morgan fingerprint density at radius 1 is 0.808 bits per heavy atom. The summed E-state index contributed by atoms with van der Waals surface area (Å²) in [5.41, 5.74) is 0. The van der Waals surface area contributed by atoms with Gasteiger partial charge in [0, 0.05) is 45.4 Å². The lowest BCUT2D eigenvalue weighted by Crippen LogP contribution is -2.62. The van der Waals surface area contributed by atoms with E-state index in [9.17, 15) is 10.2 Å². The number of hydrogen-bond donors (Lipinski definition) is 2. The molecule has 5 unspecified atom stereocenters. The van der Waals surface area contributed by atoms with Crippen molar-refractivity contribution in [2.75, 3.05) is 45.9 Å². The average Bonchev–Trinajstić information content (AvgIpc) is 2.82. The maximum Gasteiger partial charge on any atom is 0.186 e. The zero-order chi connectivity index (χ0) is 17.9. The summed E-state index contributed by atoms with van der Waals surface area (Å²) in [5.74, 6) is 0. The van der Waals surface area contributed by atoms with Gasteiger partial charge in [-0.05, 0) is 19.3 Å². The third-order valence-corrected chi connectivity index (χ3v) is 6.46. The van der Waals surface area contributed by atoms with Crippen molar-refractivity contribution in [3.63, 3.8) is 0 Å². The fourth-order valence-corrected chi connectivity index (χ4v) is 4.89. The fourth-order valence-electron chi connectivity index (χ4n) is 4.89. The predicted molar refractivity (Wildman–Crippen MR) is 95.9 cm³/mol. The molecule has 7 heteroatoms. The highest BCUT2D eigenvalue weighted by Crippen LogP contribution is 2.28. The van der Waals surface area contributed by atoms with Crippen LogP contribution in [0.5, 0.6) is 0 Å². The minimum Gasteiger partial charge on any atom is -0.387 e. The van der Waals surface area contributed by atoms with E-state index in [1.807, 2.05) is 0 Å². The van der Waals surface area contributed by atoms with Crippen LogP contribution in [0.4, 0.5) is 0 Å². The van der Waals surface area contributed by atoms with Crippen molar-refractivity contribution in [2.24, 2.45) is 0 Å². The van der Waals surface area contributed by atoms with E-state index in [1.165, 1.54) is 32.1 Å². The molecule has 4 heterocycles. The SMILES string of the molecule is OC1C2OCCCOC(C(CN3CCN(C4CCCCC4)CC3)O2)C1O. The molecule has 2 bridgehead atoms. The largest absolute Gasteiger partial charge is 0.387 e. The number of hydrogen-bond acceptors (Lipinski definition) is 7. The lowest BCUT2D eigenvalue weighted by atomic mass is 9.93. The van der Waals surface area contributed by atoms with Crippen LogP contribution in [0.15, 0.2) is 0 Å². The lowest BCUT2D eigenvalue weighted by Gasteiger charge is -2.45. The number of aliphatic hydroxyl groups excluding tert-OH is 2. The van der Waals surface area contributed by atoms with Crippen molar-refractivity contribution < 1.29 is 24.4 Å². The molecule has 7 nitrogen and oxygen atoms in total. The Labute approximate surface area is 156 Å². The highest BCUT2D eigenvalue weighted by molar-refractivity contribution is 4.93. The van der Waals surface area contributed by atoms with E-state index in [0.29, 0.717) is 19.8 Å². The summed E-state index contributed by atoms with van der Waals surface area (Å²) in [6.07, 6.45) is 4.10. The number of aliphatic hydroxyl groups is 2. The van der Waals surface area contributed by atoms with Crippen LogP contribution >= 0.6 is 0 Å². The average molecular weight is 370 g/mol. The Balaban J connectivity index is 1.32. The van der Waals surface area contributed by atoms with Gasteiger partial charge in [0.2, 0.25) is 0 Å². The summed E-state index contributed by atoms with van der Waals surface area (Å²) in [5, 5.41) is 20.6. The number of fused-ring (bicyclic) bond motifs is 6. The quantitative estimate of drug-likeness (QED) is 0.735. The van der Waals surface area contributed by atoms with Crippen molar-refractivity contribution in [3.05, 3.63) is 0 Å². The molecule has 4 aliphatic heterocycles. The molecule has 0 aromatic rings. The van der Waals surface area contributed by atoms with E-state index in [1.54, 1.807) is 0 Å². The van der Waals surface area contributed by atoms with Crippen LogP contribution < -0.4 is 0 Å². The number of nitrogens with zero attached hydrogens (tertiary/aromatic N) is 2. The molecule has 0 radical (unpaired) electrons. The van der Waals surface area contributed by atoms with Gasteiger partial charge in [0.1, 0.15) is 24.4 Å². The molecule has 5 rings (SSSR count). The van der Waals surface area contributed by atoms with Crippen LogP contribution in [0.1, 0.15) is 38.5 Å². The fraction of sp³-hybridized carbons (Fsp3) is 1.00. The second-order valence-corrected chi connectivity index (χ2v) is 8.21. The normalized spacial score (nSPS) is 41.5. The summed E-state index contributed by atoms with van der Waals surface area (Å²) in [6.45, 7) is 5.97. The summed E-state index contributed by atoms with van der Waals surface area (Å²) in [6, 6.07) is 0.775. The van der Waals surface area contributed by atoms with Crippen molar-refractivity contribution in [3.8, 4) is 0 Å². The van der Waals surface area contributed by atoms with Gasteiger partial charge in [-0.3, -0.25) is 9.80 Å². The minimum atomic E-state index is -1.04. The Morgan fingerprint density at radius 3 is 2.31 bits per heavy atom. The molecular weight excluding hydrogens is 336 g/mol. The Hall–Kier alpha value is -0.280. The van der Waals surface area contributed by atoms with Crippen LogP contribution in [0.25, 0.3) is 0 Å². The van der Waals surface area contributed by atoms with E-state index < -0.39 is 24.6 Å². The smallest absolute Gasteiger partial charge is 0.186 e. The van der Waals surface area contributed by atoms with Gasteiger partial charge < -0.3 is 24.4 Å². The molecule has 1 aliphatic carbocycles. The van der Waals surface area contributed by atoms with Gasteiger partial charge in [0.25, 0.3) is 0 Å². The van der Waals surface area contributed by atoms with Gasteiger partial charge in [-0.1, -0.05) is 19.3 Å². The summed E-state index contributed by atoms with van der Waals surface area (Å²) in [7, 11) is 0. The molecule has 0 aromatic heterocycles. The van der Waals surface area contributed by atoms with Gasteiger partial charge in [-0.2, -0.15) is 0 Å². The summed E-state index contributed by atoms with van der Waals surface area (Å²) < 4.78 is 17.4. The third kappa shape index (κ3) is 4.24. The van der Waals surface area contributed by atoms with E-state index in [0.717, 1.165) is 38.6 Å². The standard InChI is InChI=1S/C19H34N2O5/c22-16-17(23)19-25-12-4-11-24-18(16)15(26-19)13-20-7-9-21(10-8-20)14-5-2-1-3-6-14/h14-19,22-23H,1-13H2. The van der Waals surface area contributed by atoms with Crippen LogP contribution in [0.2, 0.25) is 0 Å². The topological polar surface area (TPSA) is 74.6 Å². The Morgan fingerprint density at radius 2 is 1.54 bits per heavy atom. The molecule has 2 N–H and O–H groups in total. The van der Waals surface area contributed by atoms with E-state index >= 15 is 0 Å². The van der Waals surface area contributed by atoms with Crippen molar-refractivity contribution in [2.45, 2.75) is 75.3 Å². The van der Waals surface area contributed by atoms with Gasteiger partial charge in [-0.25, -0.2) is 0 Å². The van der Waals surface area contributed by atoms with Gasteiger partial charge >= 0.3 is 0 Å². The van der Waals surface area contributed by atoms with E-state index in [4.69, 9.17) is 14.2 Å². The monoisotopic (exact) mass is 370 g/mol. The van der Waals surface area contributed by atoms with Crippen molar-refractivity contribution in [1.82, 2.24) is 9.80 Å². The van der Waals surface area contributed by atoms with E-state index in [-0.39, 0.29) is 6.10 Å². The molecule has 26 heavy (non-hydrogen) atoms. The third-order valence-electron chi connectivity index (χ3n) is 6.46. The Bertz CT molecular complexity index is 438. The molecule has 5 fully saturated rings. The molecule has 0 spiro atoms. The molecular formula is C19H34N2O5. The van der Waals surface area contributed by atoms with Gasteiger partial charge in [0.05, 0.1) is 6.61 Å². The Kier molecular flexibility index (Phi) is 6.46. The van der Waals surface area contributed by atoms with Gasteiger partial charge in [0.15, 0.2) is 6.29 Å². The number of piperazine rings is 1. The highest BCUT2D eigenvalue weighted by atomic mass is 16.7. The lowest BCUT2D eigenvalue weighted by molar-refractivity contribution is -0.296. The maximum absolute atomic E-state index is 10.4. The second kappa shape index (κ2) is 8.82. The molecule has 0 aromatic carbocycles. The minimum absolute atomic E-state index is 0.266. The number of rotatable bonds is 3. The van der Waals surface area contributed by atoms with Crippen LogP contribution in [0.3, 0.4) is 0 Å². The van der Waals surface area contributed by atoms with Crippen LogP contribution in [-0.4, -0.2) is 103 Å². The first kappa shape index (κ1) is 19.1. The molecule has 5 atom stereocenters. The zero-order valence-electron chi connectivity index (χ0n) is 15.7.